The summed E-state index contributed by atoms with van der Waals surface area (Å²) in [6.07, 6.45) is 2.08. The highest BCUT2D eigenvalue weighted by molar-refractivity contribution is 7.11. The average molecular weight is 302 g/mol. The Balaban J connectivity index is 1.70. The summed E-state index contributed by atoms with van der Waals surface area (Å²) in [6.45, 7) is 0.410. The zero-order valence-corrected chi connectivity index (χ0v) is 12.1. The Hall–Kier alpha value is -2.21. The zero-order chi connectivity index (χ0) is 14.7. The van der Waals surface area contributed by atoms with Crippen LogP contribution in [0, 0.1) is 0 Å². The molecule has 0 spiro atoms. The number of benzene rings is 1. The molecule has 0 fully saturated rings. The fourth-order valence-corrected chi connectivity index (χ4v) is 3.08. The number of carbonyl (C=O) groups is 2. The second-order valence-corrected chi connectivity index (χ2v) is 5.72. The summed E-state index contributed by atoms with van der Waals surface area (Å²) in [6, 6.07) is 9.12. The van der Waals surface area contributed by atoms with Crippen molar-refractivity contribution in [3.05, 3.63) is 51.4 Å². The molecule has 0 atom stereocenters. The summed E-state index contributed by atoms with van der Waals surface area (Å²) < 4.78 is 5.47. The van der Waals surface area contributed by atoms with Crippen LogP contribution in [0.3, 0.4) is 0 Å². The maximum atomic E-state index is 11.8. The molecule has 21 heavy (non-hydrogen) atoms. The Morgan fingerprint density at radius 1 is 1.29 bits per heavy atom. The van der Waals surface area contributed by atoms with Crippen LogP contribution in [0.2, 0.25) is 0 Å². The van der Waals surface area contributed by atoms with Crippen LogP contribution in [-0.4, -0.2) is 11.8 Å². The van der Waals surface area contributed by atoms with Crippen molar-refractivity contribution in [2.45, 2.75) is 25.8 Å². The van der Waals surface area contributed by atoms with E-state index in [1.807, 2.05) is 30.3 Å². The number of urea groups is 1. The normalized spacial score (nSPS) is 14.9. The minimum atomic E-state index is -0.464. The number of carbonyl (C=O) groups excluding carboxylic acids is 2. The summed E-state index contributed by atoms with van der Waals surface area (Å²) in [5, 5.41) is 2.70. The van der Waals surface area contributed by atoms with Gasteiger partial charge in [0.25, 0.3) is 4.87 Å². The van der Waals surface area contributed by atoms with Crippen molar-refractivity contribution in [1.29, 1.82) is 0 Å². The van der Waals surface area contributed by atoms with Crippen molar-refractivity contribution >= 4 is 23.2 Å². The fraction of sp³-hybridized carbons (Fsp3) is 0.267. The largest absolute Gasteiger partial charge is 0.434 e. The van der Waals surface area contributed by atoms with Gasteiger partial charge >= 0.3 is 6.03 Å². The molecule has 2 amide bonds. The maximum absolute atomic E-state index is 11.8. The predicted molar refractivity (Wildman–Crippen MR) is 78.1 cm³/mol. The van der Waals surface area contributed by atoms with Crippen LogP contribution in [0.5, 0.6) is 0 Å². The van der Waals surface area contributed by atoms with Crippen LogP contribution in [0.1, 0.15) is 33.8 Å². The lowest BCUT2D eigenvalue weighted by Crippen LogP contribution is -2.20. The molecule has 5 nitrogen and oxygen atoms in total. The van der Waals surface area contributed by atoms with Crippen LogP contribution in [0.4, 0.5) is 4.79 Å². The van der Waals surface area contributed by atoms with Crippen molar-refractivity contribution in [2.24, 2.45) is 4.99 Å². The van der Waals surface area contributed by atoms with Crippen LogP contribution in [-0.2, 0) is 13.0 Å². The maximum Gasteiger partial charge on any atom is 0.345 e. The highest BCUT2D eigenvalue weighted by Gasteiger charge is 2.22. The van der Waals surface area contributed by atoms with Crippen molar-refractivity contribution in [1.82, 2.24) is 5.32 Å². The number of nitrogens with one attached hydrogen (secondary N) is 1. The predicted octanol–water partition coefficient (Wildman–Crippen LogP) is 2.67. The molecule has 0 saturated carbocycles. The topological polar surface area (TPSA) is 71.7 Å². The van der Waals surface area contributed by atoms with Gasteiger partial charge in [-0.05, 0) is 12.0 Å². The monoisotopic (exact) mass is 302 g/mol. The van der Waals surface area contributed by atoms with Gasteiger partial charge in [-0.1, -0.05) is 41.7 Å². The molecule has 0 saturated heterocycles. The molecule has 0 bridgehead atoms. The van der Waals surface area contributed by atoms with E-state index < -0.39 is 6.03 Å². The lowest BCUT2D eigenvalue weighted by atomic mass is 10.0. The van der Waals surface area contributed by atoms with Gasteiger partial charge in [-0.3, -0.25) is 4.79 Å². The van der Waals surface area contributed by atoms with E-state index in [-0.39, 0.29) is 10.7 Å². The van der Waals surface area contributed by atoms with Crippen molar-refractivity contribution < 1.29 is 14.0 Å². The molecule has 2 aromatic rings. The number of ketones is 1. The average Bonchev–Trinajstić information content (AvgIpc) is 2.90. The first-order chi connectivity index (χ1) is 10.2. The number of hydrogen-bond acceptors (Lipinski definition) is 4. The smallest absolute Gasteiger partial charge is 0.345 e. The second-order valence-electron chi connectivity index (χ2n) is 4.76. The molecule has 1 aliphatic rings. The highest BCUT2D eigenvalue weighted by atomic mass is 32.1. The van der Waals surface area contributed by atoms with Gasteiger partial charge < -0.3 is 9.73 Å². The van der Waals surface area contributed by atoms with Gasteiger partial charge in [-0.15, -0.1) is 4.99 Å². The lowest BCUT2D eigenvalue weighted by molar-refractivity contribution is 0.0972. The van der Waals surface area contributed by atoms with Gasteiger partial charge in [-0.2, -0.15) is 0 Å². The lowest BCUT2D eigenvalue weighted by Gasteiger charge is -2.05. The molecule has 1 heterocycles. The minimum absolute atomic E-state index is 0.0798. The first-order valence-electron chi connectivity index (χ1n) is 6.75. The van der Waals surface area contributed by atoms with E-state index in [0.717, 1.165) is 29.7 Å². The molecule has 1 aliphatic carbocycles. The van der Waals surface area contributed by atoms with E-state index in [4.69, 9.17) is 4.42 Å². The molecule has 6 heteroatoms. The number of fused-ring (bicyclic) bond motifs is 1. The summed E-state index contributed by atoms with van der Waals surface area (Å²) in [5.74, 6) is 0.738. The van der Waals surface area contributed by atoms with Crippen LogP contribution in [0.25, 0.3) is 0 Å². The molecule has 108 valence electrons. The first kappa shape index (κ1) is 13.8. The Labute approximate surface area is 125 Å². The van der Waals surface area contributed by atoms with E-state index >= 15 is 0 Å². The first-order valence-corrected chi connectivity index (χ1v) is 7.56. The molecule has 1 N–H and O–H groups in total. The number of amides is 2. The number of Topliss-reactive ketones (excluding diaryl/α,β-unsaturated/α-hetero) is 1. The molecule has 1 aromatic heterocycles. The van der Waals surface area contributed by atoms with Gasteiger partial charge in [-0.25, -0.2) is 4.79 Å². The molecule has 0 radical (unpaired) electrons. The third-order valence-corrected chi connectivity index (χ3v) is 4.20. The summed E-state index contributed by atoms with van der Waals surface area (Å²) in [5.41, 5.74) is 0.999. The minimum Gasteiger partial charge on any atom is -0.434 e. The summed E-state index contributed by atoms with van der Waals surface area (Å²) in [7, 11) is 0. The molecular weight excluding hydrogens is 288 g/mol. The van der Waals surface area contributed by atoms with E-state index in [2.05, 4.69) is 10.3 Å². The van der Waals surface area contributed by atoms with Gasteiger partial charge in [0.1, 0.15) is 10.6 Å². The van der Waals surface area contributed by atoms with E-state index in [0.29, 0.717) is 23.6 Å². The Morgan fingerprint density at radius 2 is 2.10 bits per heavy atom. The summed E-state index contributed by atoms with van der Waals surface area (Å²) in [4.78, 5) is 28.2. The van der Waals surface area contributed by atoms with Gasteiger partial charge in [0.05, 0.1) is 0 Å². The van der Waals surface area contributed by atoms with E-state index in [1.54, 1.807) is 0 Å². The van der Waals surface area contributed by atoms with Gasteiger partial charge in [0, 0.05) is 19.4 Å². The van der Waals surface area contributed by atoms with Gasteiger partial charge in [0.2, 0.25) is 0 Å². The van der Waals surface area contributed by atoms with Crippen LogP contribution >= 0.6 is 11.3 Å². The molecule has 3 rings (SSSR count). The zero-order valence-electron chi connectivity index (χ0n) is 11.3. The Morgan fingerprint density at radius 3 is 2.86 bits per heavy atom. The van der Waals surface area contributed by atoms with Crippen LogP contribution in [0.15, 0.2) is 39.7 Å². The third kappa shape index (κ3) is 3.28. The third-order valence-electron chi connectivity index (χ3n) is 3.19. The number of aryl methyl sites for hydroxylation is 1. The second kappa shape index (κ2) is 6.05. The van der Waals surface area contributed by atoms with Crippen LogP contribution < -0.4 is 10.2 Å². The summed E-state index contributed by atoms with van der Waals surface area (Å²) >= 11 is 1.15. The highest BCUT2D eigenvalue weighted by Crippen LogP contribution is 2.22. The standard InChI is InChI=1S/C15H14N2O3S/c18-11-7-4-8-12-13(11)21-15(20-12)17-14(19)16-9-10-5-2-1-3-6-10/h1-3,5-6H,4,7-9H2,(H,16,19)/b17-15+. The van der Waals surface area contributed by atoms with E-state index in [1.165, 1.54) is 0 Å². The quantitative estimate of drug-likeness (QED) is 0.927. The van der Waals surface area contributed by atoms with Crippen molar-refractivity contribution in [2.75, 3.05) is 0 Å². The SMILES string of the molecule is O=C(/N=c1\oc2c(s1)C(=O)CCC2)NCc1ccccc1. The van der Waals surface area contributed by atoms with Crippen molar-refractivity contribution in [3.63, 3.8) is 0 Å². The van der Waals surface area contributed by atoms with E-state index in [9.17, 15) is 9.59 Å². The number of hydrogen-bond donors (Lipinski definition) is 1. The molecule has 1 aromatic carbocycles. The number of nitrogens with zero attached hydrogens (tertiary/aromatic N) is 1. The van der Waals surface area contributed by atoms with Gasteiger partial charge in [0.15, 0.2) is 5.78 Å². The molecule has 0 aliphatic heterocycles. The molecule has 0 unspecified atom stereocenters. The Kier molecular flexibility index (Phi) is 3.96. The fourth-order valence-electron chi connectivity index (χ4n) is 2.16. The van der Waals surface area contributed by atoms with Crippen molar-refractivity contribution in [3.8, 4) is 0 Å². The molecular formula is C15H14N2O3S. The number of rotatable bonds is 2. The Bertz CT molecular complexity index is 731.